The van der Waals surface area contributed by atoms with Gasteiger partial charge in [0, 0.05) is 19.2 Å². The summed E-state index contributed by atoms with van der Waals surface area (Å²) in [5.74, 6) is 1.26. The van der Waals surface area contributed by atoms with E-state index < -0.39 is 0 Å². The molecule has 0 aliphatic carbocycles. The lowest BCUT2D eigenvalue weighted by Crippen LogP contribution is -2.08. The lowest BCUT2D eigenvalue weighted by atomic mass is 10.1. The highest BCUT2D eigenvalue weighted by atomic mass is 16.7. The number of carbonyl (C=O) groups excluding carboxylic acids is 1. The summed E-state index contributed by atoms with van der Waals surface area (Å²) in [6.45, 7) is 10.3. The third kappa shape index (κ3) is 7.44. The van der Waals surface area contributed by atoms with E-state index in [1.54, 1.807) is 19.2 Å². The first kappa shape index (κ1) is 20.8. The van der Waals surface area contributed by atoms with E-state index in [0.29, 0.717) is 36.0 Å². The summed E-state index contributed by atoms with van der Waals surface area (Å²) in [5, 5.41) is 0. The summed E-state index contributed by atoms with van der Waals surface area (Å²) in [6.07, 6.45) is 3.88. The van der Waals surface area contributed by atoms with Crippen molar-refractivity contribution < 1.29 is 23.7 Å². The highest BCUT2D eigenvalue weighted by molar-refractivity contribution is 6.00. The molecule has 1 aromatic rings. The molecule has 138 valence electrons. The molecule has 0 amide bonds. The van der Waals surface area contributed by atoms with Gasteiger partial charge in [-0.15, -0.1) is 0 Å². The highest BCUT2D eigenvalue weighted by Gasteiger charge is 2.18. The largest absolute Gasteiger partial charge is 0.488 e. The minimum Gasteiger partial charge on any atom is -0.488 e. The summed E-state index contributed by atoms with van der Waals surface area (Å²) >= 11 is 0. The van der Waals surface area contributed by atoms with Gasteiger partial charge in [-0.05, 0) is 46.8 Å². The third-order valence-electron chi connectivity index (χ3n) is 3.20. The van der Waals surface area contributed by atoms with Crippen LogP contribution in [0.2, 0.25) is 0 Å². The molecule has 1 rings (SSSR count). The van der Waals surface area contributed by atoms with Crippen LogP contribution in [0.5, 0.6) is 17.2 Å². The van der Waals surface area contributed by atoms with Gasteiger partial charge in [0.1, 0.15) is 36.0 Å². The second kappa shape index (κ2) is 10.6. The van der Waals surface area contributed by atoms with Gasteiger partial charge in [-0.25, -0.2) is 0 Å². The molecule has 1 aromatic carbocycles. The topological polar surface area (TPSA) is 54.0 Å². The maximum atomic E-state index is 12.2. The molecule has 25 heavy (non-hydrogen) atoms. The zero-order chi connectivity index (χ0) is 18.8. The van der Waals surface area contributed by atoms with Gasteiger partial charge in [-0.2, -0.15) is 0 Å². The summed E-state index contributed by atoms with van der Waals surface area (Å²) < 4.78 is 22.0. The minimum atomic E-state index is -0.127. The van der Waals surface area contributed by atoms with Gasteiger partial charge in [0.15, 0.2) is 12.6 Å². The van der Waals surface area contributed by atoms with Crippen molar-refractivity contribution in [2.45, 2.75) is 34.6 Å². The summed E-state index contributed by atoms with van der Waals surface area (Å²) in [5.41, 5.74) is 2.68. The quantitative estimate of drug-likeness (QED) is 0.352. The molecule has 0 saturated heterocycles. The number of rotatable bonds is 10. The standard InChI is InChI=1S/C20H28O5/c1-14(2)7-9-23-18-11-17(25-13-22-6)12-19(20(18)16(5)21)24-10-8-15(3)4/h7-8,11-12H,9-10,13H2,1-6H3. The molecule has 0 N–H and O–H groups in total. The molecule has 0 unspecified atom stereocenters. The number of carbonyl (C=O) groups is 1. The maximum Gasteiger partial charge on any atom is 0.188 e. The molecule has 0 radical (unpaired) electrons. The average molecular weight is 348 g/mol. The van der Waals surface area contributed by atoms with Gasteiger partial charge in [0.05, 0.1) is 0 Å². The fraction of sp³-hybridized carbons (Fsp3) is 0.450. The molecule has 5 heteroatoms. The fourth-order valence-electron chi connectivity index (χ4n) is 1.95. The zero-order valence-electron chi connectivity index (χ0n) is 16.0. The number of methoxy groups -OCH3 is 1. The van der Waals surface area contributed by atoms with Crippen LogP contribution in [0, 0.1) is 0 Å². The fourth-order valence-corrected chi connectivity index (χ4v) is 1.95. The van der Waals surface area contributed by atoms with Crippen LogP contribution >= 0.6 is 0 Å². The summed E-state index contributed by atoms with van der Waals surface area (Å²) in [6, 6.07) is 3.37. The first-order valence-electron chi connectivity index (χ1n) is 8.18. The number of allylic oxidation sites excluding steroid dienone is 2. The minimum absolute atomic E-state index is 0.0975. The van der Waals surface area contributed by atoms with Gasteiger partial charge in [-0.1, -0.05) is 11.1 Å². The summed E-state index contributed by atoms with van der Waals surface area (Å²) in [7, 11) is 1.54. The lowest BCUT2D eigenvalue weighted by Gasteiger charge is -2.16. The second-order valence-corrected chi connectivity index (χ2v) is 6.09. The Bertz CT molecular complexity index is 592. The molecule has 0 saturated carbocycles. The van der Waals surface area contributed by atoms with Crippen LogP contribution in [-0.2, 0) is 4.74 Å². The van der Waals surface area contributed by atoms with Crippen molar-refractivity contribution >= 4 is 5.78 Å². The monoisotopic (exact) mass is 348 g/mol. The Labute approximate surface area is 150 Å². The number of ether oxygens (including phenoxy) is 4. The molecule has 5 nitrogen and oxygen atoms in total. The molecular formula is C20H28O5. The first-order valence-corrected chi connectivity index (χ1v) is 8.18. The molecule has 0 atom stereocenters. The van der Waals surface area contributed by atoms with Crippen molar-refractivity contribution in [1.82, 2.24) is 0 Å². The van der Waals surface area contributed by atoms with Crippen LogP contribution in [0.25, 0.3) is 0 Å². The summed E-state index contributed by atoms with van der Waals surface area (Å²) in [4.78, 5) is 12.2. The Morgan fingerprint density at radius 2 is 1.36 bits per heavy atom. The van der Waals surface area contributed by atoms with Gasteiger partial charge in [0.2, 0.25) is 0 Å². The number of hydrogen-bond donors (Lipinski definition) is 0. The third-order valence-corrected chi connectivity index (χ3v) is 3.20. The smallest absolute Gasteiger partial charge is 0.188 e. The van der Waals surface area contributed by atoms with E-state index in [9.17, 15) is 4.79 Å². The van der Waals surface area contributed by atoms with E-state index in [0.717, 1.165) is 11.1 Å². The van der Waals surface area contributed by atoms with E-state index >= 15 is 0 Å². The average Bonchev–Trinajstić information content (AvgIpc) is 2.51. The first-order chi connectivity index (χ1) is 11.8. The van der Waals surface area contributed by atoms with Crippen LogP contribution < -0.4 is 14.2 Å². The van der Waals surface area contributed by atoms with Gasteiger partial charge in [0.25, 0.3) is 0 Å². The normalized spacial score (nSPS) is 10.0. The predicted molar refractivity (Wildman–Crippen MR) is 98.8 cm³/mol. The van der Waals surface area contributed by atoms with Crippen molar-refractivity contribution in [1.29, 1.82) is 0 Å². The van der Waals surface area contributed by atoms with Crippen LogP contribution in [0.15, 0.2) is 35.4 Å². The molecular weight excluding hydrogens is 320 g/mol. The molecule has 0 bridgehead atoms. The molecule has 0 aliphatic heterocycles. The van der Waals surface area contributed by atoms with E-state index in [2.05, 4.69) is 0 Å². The van der Waals surface area contributed by atoms with Crippen molar-refractivity contribution in [2.24, 2.45) is 0 Å². The van der Waals surface area contributed by atoms with Crippen molar-refractivity contribution in [3.8, 4) is 17.2 Å². The number of ketones is 1. The molecule has 0 heterocycles. The number of hydrogen-bond acceptors (Lipinski definition) is 5. The van der Waals surface area contributed by atoms with E-state index in [1.165, 1.54) is 6.92 Å². The van der Waals surface area contributed by atoms with Crippen LogP contribution in [-0.4, -0.2) is 32.9 Å². The number of Topliss-reactive ketones (excluding diaryl/α,β-unsaturated/α-hetero) is 1. The SMILES string of the molecule is COCOc1cc(OCC=C(C)C)c(C(C)=O)c(OCC=C(C)C)c1. The Morgan fingerprint density at radius 1 is 0.880 bits per heavy atom. The van der Waals surface area contributed by atoms with Crippen LogP contribution in [0.4, 0.5) is 0 Å². The van der Waals surface area contributed by atoms with Crippen LogP contribution in [0.1, 0.15) is 45.0 Å². The Morgan fingerprint density at radius 3 is 1.72 bits per heavy atom. The molecule has 0 aliphatic rings. The Hall–Kier alpha value is -2.27. The van der Waals surface area contributed by atoms with Crippen molar-refractivity contribution in [3.63, 3.8) is 0 Å². The second-order valence-electron chi connectivity index (χ2n) is 6.09. The highest BCUT2D eigenvalue weighted by Crippen LogP contribution is 2.35. The molecule has 0 aromatic heterocycles. The van der Waals surface area contributed by atoms with Crippen LogP contribution in [0.3, 0.4) is 0 Å². The van der Waals surface area contributed by atoms with Gasteiger partial charge in [-0.3, -0.25) is 4.79 Å². The van der Waals surface area contributed by atoms with E-state index in [-0.39, 0.29) is 12.6 Å². The Kier molecular flexibility index (Phi) is 8.78. The Balaban J connectivity index is 3.21. The predicted octanol–water partition coefficient (Wildman–Crippen LogP) is 4.56. The lowest BCUT2D eigenvalue weighted by molar-refractivity contribution is 0.0507. The van der Waals surface area contributed by atoms with Crippen molar-refractivity contribution in [3.05, 3.63) is 41.0 Å². The molecule has 0 fully saturated rings. The van der Waals surface area contributed by atoms with E-state index in [4.69, 9.17) is 18.9 Å². The molecule has 0 spiro atoms. The van der Waals surface area contributed by atoms with Gasteiger partial charge < -0.3 is 18.9 Å². The van der Waals surface area contributed by atoms with Crippen molar-refractivity contribution in [2.75, 3.05) is 27.1 Å². The number of benzene rings is 1. The zero-order valence-corrected chi connectivity index (χ0v) is 16.0. The van der Waals surface area contributed by atoms with E-state index in [1.807, 2.05) is 39.8 Å². The van der Waals surface area contributed by atoms with Gasteiger partial charge >= 0.3 is 0 Å². The maximum absolute atomic E-state index is 12.2.